The number of carbonyl (C=O) groups is 1. The van der Waals surface area contributed by atoms with Gasteiger partial charge in [0.15, 0.2) is 0 Å². The molecule has 0 fully saturated rings. The van der Waals surface area contributed by atoms with E-state index in [1.807, 2.05) is 62.2 Å². The summed E-state index contributed by atoms with van der Waals surface area (Å²) in [5.41, 5.74) is 4.29. The number of benzene rings is 2. The van der Waals surface area contributed by atoms with Crippen molar-refractivity contribution in [3.05, 3.63) is 82.7 Å². The fourth-order valence-corrected chi connectivity index (χ4v) is 2.43. The molecule has 0 radical (unpaired) electrons. The van der Waals surface area contributed by atoms with Gasteiger partial charge in [-0.25, -0.2) is 0 Å². The fourth-order valence-electron chi connectivity index (χ4n) is 2.43. The van der Waals surface area contributed by atoms with E-state index in [4.69, 9.17) is 0 Å². The van der Waals surface area contributed by atoms with E-state index in [0.717, 1.165) is 11.1 Å². The predicted molar refractivity (Wildman–Crippen MR) is 95.8 cm³/mol. The van der Waals surface area contributed by atoms with E-state index in [-0.39, 0.29) is 5.78 Å². The molecular weight excluding hydrogens is 284 g/mol. The molecule has 3 heteroatoms. The highest BCUT2D eigenvalue weighted by Crippen LogP contribution is 2.18. The third kappa shape index (κ3) is 4.16. The molecule has 0 atom stereocenters. The zero-order valence-electron chi connectivity index (χ0n) is 13.9. The van der Waals surface area contributed by atoms with Crippen molar-refractivity contribution in [1.29, 1.82) is 0 Å². The minimum atomic E-state index is -0.0962. The molecule has 0 bridgehead atoms. The molecule has 23 heavy (non-hydrogen) atoms. The summed E-state index contributed by atoms with van der Waals surface area (Å²) >= 11 is 0. The predicted octanol–water partition coefficient (Wildman–Crippen LogP) is 4.16. The third-order valence-corrected chi connectivity index (χ3v) is 3.87. The second-order valence-corrected chi connectivity index (χ2v) is 5.65. The van der Waals surface area contributed by atoms with E-state index in [0.29, 0.717) is 17.8 Å². The normalized spacial score (nSPS) is 11.2. The first kappa shape index (κ1) is 16.7. The number of hydrogen-bond donors (Lipinski definition) is 0. The Hall–Kier alpha value is -2.68. The number of nitrogens with zero attached hydrogens (tertiary/aromatic N) is 2. The van der Waals surface area contributed by atoms with Crippen molar-refractivity contribution in [1.82, 2.24) is 4.90 Å². The number of carbonyl (C=O) groups excluding carboxylic acids is 1. The molecule has 0 spiro atoms. The van der Waals surface area contributed by atoms with E-state index in [2.05, 4.69) is 23.8 Å². The van der Waals surface area contributed by atoms with E-state index in [1.165, 1.54) is 5.56 Å². The first-order chi connectivity index (χ1) is 11.0. The number of ketones is 1. The van der Waals surface area contributed by atoms with Crippen molar-refractivity contribution in [3.8, 4) is 0 Å². The molecule has 2 aromatic carbocycles. The van der Waals surface area contributed by atoms with Crippen LogP contribution < -0.4 is 0 Å². The van der Waals surface area contributed by atoms with Crippen molar-refractivity contribution in [2.75, 3.05) is 7.05 Å². The van der Waals surface area contributed by atoms with E-state index in [9.17, 15) is 4.79 Å². The fraction of sp³-hybridized carbons (Fsp3) is 0.200. The monoisotopic (exact) mass is 306 g/mol. The molecule has 0 heterocycles. The van der Waals surface area contributed by atoms with Gasteiger partial charge in [0.25, 0.3) is 0 Å². The van der Waals surface area contributed by atoms with Crippen LogP contribution in [0.25, 0.3) is 0 Å². The Morgan fingerprint density at radius 1 is 1.13 bits per heavy atom. The maximum atomic E-state index is 12.7. The van der Waals surface area contributed by atoms with Crippen molar-refractivity contribution in [2.45, 2.75) is 20.4 Å². The lowest BCUT2D eigenvalue weighted by molar-refractivity contribution is 0.103. The minimum absolute atomic E-state index is 0.0962. The standard InChI is InChI=1S/C20H22N2O/c1-15-9-8-12-18(16(15)2)20(23)19(21-3)14-22(4)13-17-10-6-5-7-11-17/h5-12,14H,3,13H2,1-2,4H3/b19-14-. The van der Waals surface area contributed by atoms with Crippen LogP contribution in [-0.4, -0.2) is 24.4 Å². The Balaban J connectivity index is 2.22. The molecule has 118 valence electrons. The van der Waals surface area contributed by atoms with Gasteiger partial charge in [-0.15, -0.1) is 0 Å². The third-order valence-electron chi connectivity index (χ3n) is 3.87. The Morgan fingerprint density at radius 2 is 1.83 bits per heavy atom. The highest BCUT2D eigenvalue weighted by Gasteiger charge is 2.15. The van der Waals surface area contributed by atoms with Gasteiger partial charge in [-0.05, 0) is 37.3 Å². The van der Waals surface area contributed by atoms with Gasteiger partial charge in [0.2, 0.25) is 5.78 Å². The molecule has 0 aromatic heterocycles. The van der Waals surface area contributed by atoms with Crippen LogP contribution >= 0.6 is 0 Å². The second kappa shape index (κ2) is 7.54. The summed E-state index contributed by atoms with van der Waals surface area (Å²) in [6.07, 6.45) is 1.75. The Labute approximate surface area is 138 Å². The van der Waals surface area contributed by atoms with Gasteiger partial charge in [0.1, 0.15) is 5.70 Å². The summed E-state index contributed by atoms with van der Waals surface area (Å²) in [6, 6.07) is 15.8. The van der Waals surface area contributed by atoms with Crippen LogP contribution in [0.2, 0.25) is 0 Å². The number of aliphatic imine (C=N–C) groups is 1. The highest BCUT2D eigenvalue weighted by atomic mass is 16.1. The van der Waals surface area contributed by atoms with Gasteiger partial charge in [-0.1, -0.05) is 48.5 Å². The van der Waals surface area contributed by atoms with Crippen LogP contribution in [0.4, 0.5) is 0 Å². The minimum Gasteiger partial charge on any atom is -0.374 e. The average Bonchev–Trinajstić information content (AvgIpc) is 2.55. The van der Waals surface area contributed by atoms with E-state index < -0.39 is 0 Å². The molecule has 2 rings (SSSR count). The molecule has 0 aliphatic carbocycles. The number of hydrogen-bond acceptors (Lipinski definition) is 3. The molecule has 2 aromatic rings. The molecule has 0 saturated carbocycles. The average molecular weight is 306 g/mol. The zero-order chi connectivity index (χ0) is 16.8. The lowest BCUT2D eigenvalue weighted by atomic mass is 9.99. The summed E-state index contributed by atoms with van der Waals surface area (Å²) < 4.78 is 0. The van der Waals surface area contributed by atoms with Crippen molar-refractivity contribution in [2.24, 2.45) is 4.99 Å². The number of rotatable bonds is 6. The zero-order valence-corrected chi connectivity index (χ0v) is 13.9. The SMILES string of the molecule is C=N/C(=C\N(C)Cc1ccccc1)C(=O)c1cccc(C)c1C. The number of allylic oxidation sites excluding steroid dienone is 1. The Morgan fingerprint density at radius 3 is 2.48 bits per heavy atom. The Kier molecular flexibility index (Phi) is 5.47. The van der Waals surface area contributed by atoms with Crippen molar-refractivity contribution in [3.63, 3.8) is 0 Å². The van der Waals surface area contributed by atoms with Gasteiger partial charge in [-0.2, -0.15) is 0 Å². The van der Waals surface area contributed by atoms with Crippen LogP contribution in [0.1, 0.15) is 27.0 Å². The van der Waals surface area contributed by atoms with Gasteiger partial charge in [0.05, 0.1) is 0 Å². The number of aryl methyl sites for hydroxylation is 1. The maximum absolute atomic E-state index is 12.7. The van der Waals surface area contributed by atoms with Gasteiger partial charge in [0, 0.05) is 25.4 Å². The topological polar surface area (TPSA) is 32.7 Å². The van der Waals surface area contributed by atoms with Gasteiger partial charge >= 0.3 is 0 Å². The molecular formula is C20H22N2O. The van der Waals surface area contributed by atoms with Crippen LogP contribution in [0.3, 0.4) is 0 Å². The smallest absolute Gasteiger partial charge is 0.213 e. The summed E-state index contributed by atoms with van der Waals surface area (Å²) in [5, 5.41) is 0. The van der Waals surface area contributed by atoms with Gasteiger partial charge < -0.3 is 4.90 Å². The summed E-state index contributed by atoms with van der Waals surface area (Å²) in [7, 11) is 1.93. The van der Waals surface area contributed by atoms with Crippen molar-refractivity contribution < 1.29 is 4.79 Å². The Bertz CT molecular complexity index is 733. The van der Waals surface area contributed by atoms with Crippen LogP contribution in [0.5, 0.6) is 0 Å². The van der Waals surface area contributed by atoms with Gasteiger partial charge in [-0.3, -0.25) is 9.79 Å². The molecule has 0 N–H and O–H groups in total. The van der Waals surface area contributed by atoms with Crippen LogP contribution in [0.15, 0.2) is 65.4 Å². The molecule has 0 saturated heterocycles. The molecule has 0 aliphatic heterocycles. The highest BCUT2D eigenvalue weighted by molar-refractivity contribution is 6.09. The van der Waals surface area contributed by atoms with Crippen LogP contribution in [-0.2, 0) is 6.54 Å². The summed E-state index contributed by atoms with van der Waals surface area (Å²) in [6.45, 7) is 8.22. The lowest BCUT2D eigenvalue weighted by Gasteiger charge is -2.15. The van der Waals surface area contributed by atoms with E-state index >= 15 is 0 Å². The second-order valence-electron chi connectivity index (χ2n) is 5.65. The molecule has 3 nitrogen and oxygen atoms in total. The molecule has 0 unspecified atom stereocenters. The maximum Gasteiger partial charge on any atom is 0.213 e. The lowest BCUT2D eigenvalue weighted by Crippen LogP contribution is -2.14. The first-order valence-electron chi connectivity index (χ1n) is 7.56. The summed E-state index contributed by atoms with van der Waals surface area (Å²) in [5.74, 6) is -0.0962. The summed E-state index contributed by atoms with van der Waals surface area (Å²) in [4.78, 5) is 18.6. The van der Waals surface area contributed by atoms with Crippen molar-refractivity contribution >= 4 is 12.5 Å². The molecule has 0 aliphatic rings. The quantitative estimate of drug-likeness (QED) is 0.456. The largest absolute Gasteiger partial charge is 0.374 e. The number of Topliss-reactive ketones (excluding diaryl/α,β-unsaturated/α-hetero) is 1. The van der Waals surface area contributed by atoms with E-state index in [1.54, 1.807) is 6.20 Å². The molecule has 0 amide bonds. The first-order valence-corrected chi connectivity index (χ1v) is 7.56. The van der Waals surface area contributed by atoms with Crippen LogP contribution in [0, 0.1) is 13.8 Å².